The number of aromatic nitrogens is 2. The molecule has 3 N–H and O–H groups in total. The van der Waals surface area contributed by atoms with E-state index in [-0.39, 0.29) is 12.2 Å². The predicted molar refractivity (Wildman–Crippen MR) is 120 cm³/mol. The number of carbonyl (C=O) groups is 1. The first kappa shape index (κ1) is 26.8. The number of ether oxygens (including phenoxy) is 2. The summed E-state index contributed by atoms with van der Waals surface area (Å²) in [7, 11) is -4.21. The van der Waals surface area contributed by atoms with E-state index in [1.165, 1.54) is 19.1 Å². The lowest BCUT2D eigenvalue weighted by Crippen LogP contribution is -2.37. The van der Waals surface area contributed by atoms with Gasteiger partial charge in [-0.2, -0.15) is 9.48 Å². The van der Waals surface area contributed by atoms with Gasteiger partial charge in [-0.25, -0.2) is 9.36 Å². The van der Waals surface area contributed by atoms with Gasteiger partial charge < -0.3 is 19.1 Å². The Kier molecular flexibility index (Phi) is 8.62. The number of H-pyrrole nitrogens is 1. The third kappa shape index (κ3) is 7.09. The summed E-state index contributed by atoms with van der Waals surface area (Å²) in [6.45, 7) is 4.27. The van der Waals surface area contributed by atoms with Crippen LogP contribution in [0.15, 0.2) is 46.1 Å². The Morgan fingerprint density at radius 2 is 2.00 bits per heavy atom. The zero-order chi connectivity index (χ0) is 25.8. The Balaban J connectivity index is 1.73. The number of halogens is 1. The van der Waals surface area contributed by atoms with Crippen LogP contribution in [0.2, 0.25) is 0 Å². The molecule has 1 aliphatic rings. The fourth-order valence-electron chi connectivity index (χ4n) is 3.22. The fourth-order valence-corrected chi connectivity index (χ4v) is 4.72. The maximum absolute atomic E-state index is 13.6. The topological polar surface area (TPSA) is 158 Å². The molecule has 192 valence electrons. The average molecular weight is 515 g/mol. The minimum atomic E-state index is -4.21. The second-order valence-electron chi connectivity index (χ2n) is 8.11. The number of hydrogen-bond acceptors (Lipinski definition) is 9. The van der Waals surface area contributed by atoms with Crippen molar-refractivity contribution >= 4 is 13.7 Å². The third-order valence-corrected chi connectivity index (χ3v) is 6.52. The first-order chi connectivity index (χ1) is 16.5. The smallest absolute Gasteiger partial charge is 0.459 e. The lowest BCUT2D eigenvalue weighted by Gasteiger charge is -2.25. The minimum Gasteiger partial charge on any atom is -0.462 e. The second-order valence-corrected chi connectivity index (χ2v) is 9.80. The van der Waals surface area contributed by atoms with Crippen LogP contribution in [0, 0.1) is 5.82 Å². The molecule has 12 nitrogen and oxygen atoms in total. The Morgan fingerprint density at radius 3 is 2.66 bits per heavy atom. The van der Waals surface area contributed by atoms with E-state index < -0.39 is 68.0 Å². The molecular formula is C21H27FN3O9P. The number of para-hydroxylation sites is 1. The molecule has 2 aromatic rings. The molecule has 0 spiro atoms. The van der Waals surface area contributed by atoms with Crippen molar-refractivity contribution in [3.63, 3.8) is 0 Å². The van der Waals surface area contributed by atoms with Crippen molar-refractivity contribution in [3.05, 3.63) is 63.2 Å². The molecule has 1 saturated heterocycles. The van der Waals surface area contributed by atoms with Gasteiger partial charge in [0, 0.05) is 6.42 Å². The highest BCUT2D eigenvalue weighted by molar-refractivity contribution is 7.52. The zero-order valence-corrected chi connectivity index (χ0v) is 20.1. The maximum atomic E-state index is 13.6. The van der Waals surface area contributed by atoms with Crippen LogP contribution in [0.1, 0.15) is 33.4 Å². The molecule has 2 heterocycles. The lowest BCUT2D eigenvalue weighted by molar-refractivity contribution is -0.149. The van der Waals surface area contributed by atoms with Gasteiger partial charge in [-0.1, -0.05) is 18.2 Å². The molecule has 0 amide bonds. The second kappa shape index (κ2) is 11.3. The summed E-state index contributed by atoms with van der Waals surface area (Å²) in [6, 6.07) is 7.00. The SMILES string of the molecule is CC(C)OC(=O)[C@H](C)N[P@](=O)(OCC1OC(n2cc(F)c(=O)[nH]c2=O)CC1O)Oc1ccccc1. The molecule has 3 unspecified atom stereocenters. The van der Waals surface area contributed by atoms with Gasteiger partial charge in [0.15, 0.2) is 0 Å². The van der Waals surface area contributed by atoms with Crippen LogP contribution < -0.4 is 20.9 Å². The van der Waals surface area contributed by atoms with E-state index in [4.69, 9.17) is 18.5 Å². The average Bonchev–Trinajstić information content (AvgIpc) is 3.15. The maximum Gasteiger partial charge on any atom is 0.459 e. The van der Waals surface area contributed by atoms with E-state index in [9.17, 15) is 28.4 Å². The monoisotopic (exact) mass is 515 g/mol. The van der Waals surface area contributed by atoms with Crippen molar-refractivity contribution in [2.24, 2.45) is 0 Å². The van der Waals surface area contributed by atoms with E-state index in [0.29, 0.717) is 6.20 Å². The number of carbonyl (C=O) groups excluding carboxylic acids is 1. The number of esters is 1. The van der Waals surface area contributed by atoms with Crippen LogP contribution in [-0.2, 0) is 23.4 Å². The quantitative estimate of drug-likeness (QED) is 0.312. The van der Waals surface area contributed by atoms with Crippen LogP contribution in [0.25, 0.3) is 0 Å². The summed E-state index contributed by atoms with van der Waals surface area (Å²) in [5.74, 6) is -1.69. The normalized spacial score (nSPS) is 22.5. The Morgan fingerprint density at radius 1 is 1.31 bits per heavy atom. The molecule has 1 fully saturated rings. The largest absolute Gasteiger partial charge is 0.462 e. The number of rotatable bonds is 10. The van der Waals surface area contributed by atoms with E-state index in [1.807, 2.05) is 4.98 Å². The molecular weight excluding hydrogens is 488 g/mol. The van der Waals surface area contributed by atoms with Crippen LogP contribution in [0.5, 0.6) is 5.75 Å². The number of nitrogens with one attached hydrogen (secondary N) is 2. The van der Waals surface area contributed by atoms with Gasteiger partial charge in [0.05, 0.1) is 25.0 Å². The summed E-state index contributed by atoms with van der Waals surface area (Å²) < 4.78 is 49.6. The Bertz CT molecular complexity index is 1190. The molecule has 0 saturated carbocycles. The minimum absolute atomic E-state index is 0.131. The standard InChI is InChI=1S/C21H27FN3O9P/c1-12(2)32-20(28)13(3)24-35(30,34-14-7-5-4-6-8-14)31-11-17-16(26)9-18(33-17)25-10-15(22)19(27)23-21(25)29/h4-8,10,12-13,16-18,26H,9,11H2,1-3H3,(H,24,30)(H,23,27,29)/t13-,16?,17?,18?,35-/m0/s1. The molecule has 1 aromatic carbocycles. The molecule has 14 heteroatoms. The molecule has 5 atom stereocenters. The summed E-state index contributed by atoms with van der Waals surface area (Å²) in [5.41, 5.74) is -2.10. The van der Waals surface area contributed by atoms with Crippen LogP contribution >= 0.6 is 7.75 Å². The number of nitrogens with zero attached hydrogens (tertiary/aromatic N) is 1. The Labute approximate surface area is 199 Å². The number of aliphatic hydroxyl groups excluding tert-OH is 1. The highest BCUT2D eigenvalue weighted by Gasteiger charge is 2.39. The van der Waals surface area contributed by atoms with E-state index >= 15 is 0 Å². The van der Waals surface area contributed by atoms with Gasteiger partial charge in [-0.05, 0) is 32.9 Å². The highest BCUT2D eigenvalue weighted by Crippen LogP contribution is 2.45. The highest BCUT2D eigenvalue weighted by atomic mass is 31.2. The van der Waals surface area contributed by atoms with Crippen LogP contribution in [0.4, 0.5) is 4.39 Å². The van der Waals surface area contributed by atoms with Gasteiger partial charge in [-0.15, -0.1) is 0 Å². The number of hydrogen-bond donors (Lipinski definition) is 3. The summed E-state index contributed by atoms with van der Waals surface area (Å²) >= 11 is 0. The number of aromatic amines is 1. The van der Waals surface area contributed by atoms with Gasteiger partial charge >= 0.3 is 19.4 Å². The number of benzene rings is 1. The van der Waals surface area contributed by atoms with Gasteiger partial charge in [-0.3, -0.25) is 23.7 Å². The van der Waals surface area contributed by atoms with Gasteiger partial charge in [0.2, 0.25) is 5.82 Å². The van der Waals surface area contributed by atoms with Crippen molar-refractivity contribution in [2.45, 2.75) is 57.8 Å². The van der Waals surface area contributed by atoms with Crippen molar-refractivity contribution in [1.29, 1.82) is 0 Å². The van der Waals surface area contributed by atoms with Crippen molar-refractivity contribution in [1.82, 2.24) is 14.6 Å². The molecule has 35 heavy (non-hydrogen) atoms. The van der Waals surface area contributed by atoms with Crippen molar-refractivity contribution in [3.8, 4) is 5.75 Å². The zero-order valence-electron chi connectivity index (χ0n) is 19.3. The third-order valence-electron chi connectivity index (χ3n) is 4.87. The van der Waals surface area contributed by atoms with Crippen LogP contribution in [-0.4, -0.2) is 51.6 Å². The van der Waals surface area contributed by atoms with Gasteiger partial charge in [0.25, 0.3) is 5.56 Å². The fraction of sp³-hybridized carbons (Fsp3) is 0.476. The first-order valence-corrected chi connectivity index (χ1v) is 12.3. The summed E-state index contributed by atoms with van der Waals surface area (Å²) in [5, 5.41) is 12.9. The van der Waals surface area contributed by atoms with Crippen molar-refractivity contribution in [2.75, 3.05) is 6.61 Å². The molecule has 0 radical (unpaired) electrons. The predicted octanol–water partition coefficient (Wildman–Crippen LogP) is 1.46. The summed E-state index contributed by atoms with van der Waals surface area (Å²) in [6.07, 6.45) is -3.24. The molecule has 1 aromatic heterocycles. The van der Waals surface area contributed by atoms with Gasteiger partial charge in [0.1, 0.15) is 24.1 Å². The van der Waals surface area contributed by atoms with E-state index in [1.54, 1.807) is 32.0 Å². The van der Waals surface area contributed by atoms with Crippen molar-refractivity contribution < 1.29 is 37.4 Å². The molecule has 1 aliphatic heterocycles. The molecule has 3 rings (SSSR count). The molecule has 0 aliphatic carbocycles. The summed E-state index contributed by atoms with van der Waals surface area (Å²) in [4.78, 5) is 37.3. The Hall–Kier alpha value is -2.83. The van der Waals surface area contributed by atoms with Crippen LogP contribution in [0.3, 0.4) is 0 Å². The lowest BCUT2D eigenvalue weighted by atomic mass is 10.2. The van der Waals surface area contributed by atoms with E-state index in [2.05, 4.69) is 5.09 Å². The first-order valence-electron chi connectivity index (χ1n) is 10.8. The van der Waals surface area contributed by atoms with E-state index in [0.717, 1.165) is 4.57 Å². The number of aliphatic hydroxyl groups is 1. The molecule has 0 bridgehead atoms.